The van der Waals surface area contributed by atoms with Gasteiger partial charge in [-0.25, -0.2) is 0 Å². The fraction of sp³-hybridized carbons (Fsp3) is 0.750. The van der Waals surface area contributed by atoms with E-state index in [0.717, 1.165) is 89.9 Å². The number of likely N-dealkylation sites (N-methyl/N-ethyl adjacent to an activating group) is 1. The molecule has 0 aliphatic carbocycles. The fourth-order valence-electron chi connectivity index (χ4n) is 7.09. The Kier molecular flexibility index (Phi) is 45.7. The van der Waals surface area contributed by atoms with Crippen molar-refractivity contribution in [1.82, 2.24) is 0 Å². The van der Waals surface area contributed by atoms with Crippen LogP contribution in [0, 0.1) is 0 Å². The topological polar surface area (TPSA) is 111 Å². The summed E-state index contributed by atoms with van der Waals surface area (Å²) in [7, 11) is 1.15. The average Bonchev–Trinajstić information content (AvgIpc) is 3.27. The Bertz CT molecular complexity index is 1350. The highest BCUT2D eigenvalue weighted by Gasteiger charge is 2.21. The average molecular weight is 946 g/mol. The van der Waals surface area contributed by atoms with E-state index < -0.39 is 32.5 Å². The van der Waals surface area contributed by atoms with Crippen LogP contribution >= 0.6 is 7.82 Å². The molecule has 0 N–H and O–H groups in total. The largest absolute Gasteiger partial charge is 0.756 e. The van der Waals surface area contributed by atoms with Crippen LogP contribution in [0.5, 0.6) is 0 Å². The smallest absolute Gasteiger partial charge is 0.306 e. The van der Waals surface area contributed by atoms with Crippen LogP contribution in [0.4, 0.5) is 0 Å². The van der Waals surface area contributed by atoms with Gasteiger partial charge < -0.3 is 27.9 Å². The number of unbranched alkanes of at least 4 members (excludes halogenated alkanes) is 22. The Morgan fingerprint density at radius 1 is 0.485 bits per heavy atom. The number of phosphoric acid groups is 1. The van der Waals surface area contributed by atoms with E-state index in [9.17, 15) is 19.0 Å². The molecule has 0 aliphatic rings. The first-order valence-corrected chi connectivity index (χ1v) is 28.1. The van der Waals surface area contributed by atoms with Crippen LogP contribution in [0.15, 0.2) is 72.9 Å². The van der Waals surface area contributed by atoms with Crippen molar-refractivity contribution < 1.29 is 42.1 Å². The number of phosphoric ester groups is 1. The van der Waals surface area contributed by atoms with Crippen LogP contribution in [0.1, 0.15) is 219 Å². The number of rotatable bonds is 48. The molecule has 0 aromatic rings. The lowest BCUT2D eigenvalue weighted by molar-refractivity contribution is -0.870. The lowest BCUT2D eigenvalue weighted by Crippen LogP contribution is -2.37. The molecule has 0 saturated heterocycles. The highest BCUT2D eigenvalue weighted by atomic mass is 31.2. The van der Waals surface area contributed by atoms with Gasteiger partial charge in [-0.3, -0.25) is 14.2 Å². The van der Waals surface area contributed by atoms with Crippen molar-refractivity contribution in [3.8, 4) is 0 Å². The van der Waals surface area contributed by atoms with Crippen LogP contribution in [0.2, 0.25) is 0 Å². The third-order valence-electron chi connectivity index (χ3n) is 11.2. The monoisotopic (exact) mass is 946 g/mol. The van der Waals surface area contributed by atoms with E-state index in [1.807, 2.05) is 21.1 Å². The lowest BCUT2D eigenvalue weighted by atomic mass is 10.1. The number of esters is 2. The molecule has 0 radical (unpaired) electrons. The molecular formula is C56H100NO8P. The molecule has 10 heteroatoms. The zero-order valence-corrected chi connectivity index (χ0v) is 44.0. The normalized spacial score (nSPS) is 14.0. The van der Waals surface area contributed by atoms with Crippen LogP contribution in [-0.4, -0.2) is 70.0 Å². The molecular weight excluding hydrogens is 846 g/mol. The minimum Gasteiger partial charge on any atom is -0.756 e. The molecule has 0 aliphatic heterocycles. The Hall–Kier alpha value is -2.55. The first-order valence-electron chi connectivity index (χ1n) is 26.6. The second-order valence-corrected chi connectivity index (χ2v) is 20.3. The van der Waals surface area contributed by atoms with Crippen molar-refractivity contribution in [2.24, 2.45) is 0 Å². The fourth-order valence-corrected chi connectivity index (χ4v) is 7.82. The number of quaternary nitrogens is 1. The summed E-state index contributed by atoms with van der Waals surface area (Å²) in [6, 6.07) is 0. The van der Waals surface area contributed by atoms with Gasteiger partial charge in [-0.2, -0.15) is 0 Å². The summed E-state index contributed by atoms with van der Waals surface area (Å²) in [6.45, 7) is 4.10. The first kappa shape index (κ1) is 63.5. The zero-order valence-electron chi connectivity index (χ0n) is 43.1. The molecule has 66 heavy (non-hydrogen) atoms. The number of hydrogen-bond acceptors (Lipinski definition) is 8. The molecule has 0 saturated carbocycles. The number of ether oxygens (including phenoxy) is 2. The molecule has 0 aromatic carbocycles. The van der Waals surface area contributed by atoms with Gasteiger partial charge in [0.15, 0.2) is 6.10 Å². The van der Waals surface area contributed by atoms with Gasteiger partial charge in [-0.15, -0.1) is 0 Å². The van der Waals surface area contributed by atoms with Gasteiger partial charge in [0.25, 0.3) is 7.82 Å². The summed E-state index contributed by atoms with van der Waals surface area (Å²) in [6.07, 6.45) is 60.7. The highest BCUT2D eigenvalue weighted by Crippen LogP contribution is 2.38. The maximum absolute atomic E-state index is 12.8. The van der Waals surface area contributed by atoms with Crippen molar-refractivity contribution in [2.75, 3.05) is 47.5 Å². The second-order valence-electron chi connectivity index (χ2n) is 18.9. The first-order chi connectivity index (χ1) is 32.0. The van der Waals surface area contributed by atoms with Crippen LogP contribution in [0.3, 0.4) is 0 Å². The van der Waals surface area contributed by atoms with E-state index in [2.05, 4.69) is 86.8 Å². The van der Waals surface area contributed by atoms with Gasteiger partial charge in [0.1, 0.15) is 19.8 Å². The lowest BCUT2D eigenvalue weighted by Gasteiger charge is -2.28. The molecule has 2 atom stereocenters. The maximum Gasteiger partial charge on any atom is 0.306 e. The van der Waals surface area contributed by atoms with E-state index in [1.54, 1.807) is 0 Å². The van der Waals surface area contributed by atoms with Crippen molar-refractivity contribution in [1.29, 1.82) is 0 Å². The van der Waals surface area contributed by atoms with E-state index in [4.69, 9.17) is 18.5 Å². The Balaban J connectivity index is 4.26. The van der Waals surface area contributed by atoms with Crippen molar-refractivity contribution in [3.05, 3.63) is 72.9 Å². The molecule has 9 nitrogen and oxygen atoms in total. The van der Waals surface area contributed by atoms with Crippen LogP contribution in [0.25, 0.3) is 0 Å². The van der Waals surface area contributed by atoms with Crippen LogP contribution < -0.4 is 4.89 Å². The minimum absolute atomic E-state index is 0.0363. The molecule has 0 aromatic heterocycles. The van der Waals surface area contributed by atoms with Crippen molar-refractivity contribution in [3.63, 3.8) is 0 Å². The van der Waals surface area contributed by atoms with Gasteiger partial charge in [0.2, 0.25) is 0 Å². The molecule has 0 rings (SSSR count). The Labute approximate surface area is 406 Å². The molecule has 2 unspecified atom stereocenters. The summed E-state index contributed by atoms with van der Waals surface area (Å²) < 4.78 is 34.1. The Morgan fingerprint density at radius 3 is 1.29 bits per heavy atom. The number of nitrogens with zero attached hydrogens (tertiary/aromatic N) is 1. The number of allylic oxidation sites excluding steroid dienone is 12. The van der Waals surface area contributed by atoms with Gasteiger partial charge in [0, 0.05) is 12.8 Å². The molecule has 0 bridgehead atoms. The van der Waals surface area contributed by atoms with Gasteiger partial charge >= 0.3 is 11.9 Å². The van der Waals surface area contributed by atoms with Gasteiger partial charge in [-0.1, -0.05) is 196 Å². The maximum atomic E-state index is 12.8. The molecule has 0 heterocycles. The van der Waals surface area contributed by atoms with Gasteiger partial charge in [0.05, 0.1) is 27.7 Å². The quantitative estimate of drug-likeness (QED) is 0.0195. The SMILES string of the molecule is CC/C=C\C/C=C\C/C=C\C/C=C\CCCCCCCCCCC(=O)OC(COC(=O)CCCCCCCCCCC/C=C\C/C=C\CCCCCCC)COP(=O)([O-])OCC[N+](C)(C)C. The standard InChI is InChI=1S/C56H100NO8P/c1-6-8-10-12-14-16-18-20-22-24-26-28-30-32-34-36-38-40-42-44-46-48-55(58)62-52-54(53-64-66(60,61)63-51-50-57(3,4)5)65-56(59)49-47-45-43-41-39-37-35-33-31-29-27-25-23-21-19-17-15-13-11-9-7-2/h9,11,15,17-18,20-21,23-24,26-27,29,54H,6-8,10,12-14,16,19,22,25,28,30-53H2,1-5H3/b11-9-,17-15-,20-18-,23-21-,26-24-,29-27-. The third kappa shape index (κ3) is 50.9. The second kappa shape index (κ2) is 47.5. The summed E-state index contributed by atoms with van der Waals surface area (Å²) in [5.41, 5.74) is 0. The third-order valence-corrected chi connectivity index (χ3v) is 12.2. The predicted octanol–water partition coefficient (Wildman–Crippen LogP) is 15.5. The molecule has 0 spiro atoms. The Morgan fingerprint density at radius 2 is 0.864 bits per heavy atom. The van der Waals surface area contributed by atoms with E-state index >= 15 is 0 Å². The summed E-state index contributed by atoms with van der Waals surface area (Å²) in [4.78, 5) is 37.8. The van der Waals surface area contributed by atoms with E-state index in [1.165, 1.54) is 96.3 Å². The van der Waals surface area contributed by atoms with Crippen molar-refractivity contribution in [2.45, 2.75) is 225 Å². The van der Waals surface area contributed by atoms with E-state index in [0.29, 0.717) is 17.4 Å². The van der Waals surface area contributed by atoms with E-state index in [-0.39, 0.29) is 26.1 Å². The van der Waals surface area contributed by atoms with Crippen molar-refractivity contribution >= 4 is 19.8 Å². The molecule has 0 fully saturated rings. The minimum atomic E-state index is -4.64. The van der Waals surface area contributed by atoms with Gasteiger partial charge in [-0.05, 0) is 83.5 Å². The summed E-state index contributed by atoms with van der Waals surface area (Å²) in [5.74, 6) is -0.848. The molecule has 0 amide bonds. The summed E-state index contributed by atoms with van der Waals surface area (Å²) >= 11 is 0. The summed E-state index contributed by atoms with van der Waals surface area (Å²) in [5, 5.41) is 0. The highest BCUT2D eigenvalue weighted by molar-refractivity contribution is 7.45. The number of carbonyl (C=O) groups is 2. The number of hydrogen-bond donors (Lipinski definition) is 0. The molecule has 382 valence electrons. The number of carbonyl (C=O) groups excluding carboxylic acids is 2. The zero-order chi connectivity index (χ0) is 48.5. The predicted molar refractivity (Wildman–Crippen MR) is 277 cm³/mol. The van der Waals surface area contributed by atoms with Crippen LogP contribution in [-0.2, 0) is 32.7 Å².